The quantitative estimate of drug-likeness (QED) is 0.584. The van der Waals surface area contributed by atoms with Crippen LogP contribution in [0.3, 0.4) is 0 Å². The summed E-state index contributed by atoms with van der Waals surface area (Å²) < 4.78 is 1.80. The van der Waals surface area contributed by atoms with Crippen LogP contribution in [0, 0.1) is 13.8 Å². The van der Waals surface area contributed by atoms with Crippen LogP contribution in [0.15, 0.2) is 23.0 Å². The molecule has 1 amide bonds. The van der Waals surface area contributed by atoms with Crippen LogP contribution in [0.1, 0.15) is 39.5 Å². The van der Waals surface area contributed by atoms with E-state index in [0.717, 1.165) is 61.0 Å². The van der Waals surface area contributed by atoms with Gasteiger partial charge in [-0.3, -0.25) is 14.2 Å². The Labute approximate surface area is 190 Å². The maximum Gasteiger partial charge on any atom is 0.264 e. The van der Waals surface area contributed by atoms with Crippen molar-refractivity contribution in [2.24, 2.45) is 0 Å². The molecule has 4 heterocycles. The van der Waals surface area contributed by atoms with Gasteiger partial charge in [-0.1, -0.05) is 17.7 Å². The fourth-order valence-corrected chi connectivity index (χ4v) is 5.98. The van der Waals surface area contributed by atoms with Crippen LogP contribution in [0.4, 0.5) is 5.69 Å². The zero-order valence-corrected chi connectivity index (χ0v) is 19.4. The van der Waals surface area contributed by atoms with E-state index in [1.807, 2.05) is 30.0 Å². The molecular weight excluding hydrogens is 432 g/mol. The molecule has 2 aromatic heterocycles. The summed E-state index contributed by atoms with van der Waals surface area (Å²) >= 11 is 7.56. The molecule has 0 aliphatic carbocycles. The Kier molecular flexibility index (Phi) is 5.26. The third-order valence-corrected chi connectivity index (χ3v) is 7.84. The SMILES string of the molecule is Cc1ccc(Cl)cc1N1CCN(C(=O)c2sc3nc4n(c(=O)c3c2C)CCCC4)CC1. The molecule has 0 bridgehead atoms. The first-order chi connectivity index (χ1) is 14.9. The number of fused-ring (bicyclic) bond motifs is 2. The summed E-state index contributed by atoms with van der Waals surface area (Å²) in [6.45, 7) is 7.48. The molecule has 8 heteroatoms. The largest absolute Gasteiger partial charge is 0.368 e. The topological polar surface area (TPSA) is 58.4 Å². The maximum absolute atomic E-state index is 13.3. The van der Waals surface area contributed by atoms with Crippen LogP contribution in [-0.2, 0) is 13.0 Å². The molecule has 1 saturated heterocycles. The first-order valence-corrected chi connectivity index (χ1v) is 12.0. The number of piperazine rings is 1. The molecule has 0 N–H and O–H groups in total. The fraction of sp³-hybridized carbons (Fsp3) is 0.435. The third-order valence-electron chi connectivity index (χ3n) is 6.43. The number of thiophene rings is 1. The van der Waals surface area contributed by atoms with Crippen molar-refractivity contribution in [3.63, 3.8) is 0 Å². The molecule has 1 fully saturated rings. The number of rotatable bonds is 2. The van der Waals surface area contributed by atoms with E-state index in [1.165, 1.54) is 16.9 Å². The van der Waals surface area contributed by atoms with Gasteiger partial charge in [0.1, 0.15) is 10.7 Å². The van der Waals surface area contributed by atoms with Gasteiger partial charge in [-0.05, 0) is 49.9 Å². The van der Waals surface area contributed by atoms with Crippen LogP contribution in [0.25, 0.3) is 10.2 Å². The van der Waals surface area contributed by atoms with E-state index in [2.05, 4.69) is 11.8 Å². The van der Waals surface area contributed by atoms with Gasteiger partial charge in [0.2, 0.25) is 0 Å². The molecule has 31 heavy (non-hydrogen) atoms. The number of nitrogens with zero attached hydrogens (tertiary/aromatic N) is 4. The van der Waals surface area contributed by atoms with Crippen molar-refractivity contribution in [1.82, 2.24) is 14.5 Å². The van der Waals surface area contributed by atoms with Crippen LogP contribution in [-0.4, -0.2) is 46.5 Å². The number of carbonyl (C=O) groups excluding carboxylic acids is 1. The van der Waals surface area contributed by atoms with Crippen molar-refractivity contribution in [3.8, 4) is 0 Å². The standard InChI is InChI=1S/C23H25ClN4O2S/c1-14-6-7-16(24)13-17(14)26-9-11-27(12-10-26)23(30)20-15(2)19-21(31-20)25-18-5-3-4-8-28(18)22(19)29/h6-7,13H,3-5,8-12H2,1-2H3. The third kappa shape index (κ3) is 3.53. The fourth-order valence-electron chi connectivity index (χ4n) is 4.65. The summed E-state index contributed by atoms with van der Waals surface area (Å²) in [7, 11) is 0. The molecule has 5 rings (SSSR count). The number of hydrogen-bond acceptors (Lipinski definition) is 5. The summed E-state index contributed by atoms with van der Waals surface area (Å²) in [6.07, 6.45) is 2.90. The average molecular weight is 457 g/mol. The van der Waals surface area contributed by atoms with E-state index in [0.29, 0.717) is 28.2 Å². The minimum absolute atomic E-state index is 0.00494. The minimum atomic E-state index is 0.00494. The first-order valence-electron chi connectivity index (χ1n) is 10.8. The Morgan fingerprint density at radius 2 is 1.87 bits per heavy atom. The lowest BCUT2D eigenvalue weighted by molar-refractivity contribution is 0.0751. The van der Waals surface area contributed by atoms with Crippen molar-refractivity contribution in [2.45, 2.75) is 39.7 Å². The Hall–Kier alpha value is -2.38. The van der Waals surface area contributed by atoms with E-state index in [1.54, 1.807) is 4.57 Å². The van der Waals surface area contributed by atoms with Crippen molar-refractivity contribution in [2.75, 3.05) is 31.1 Å². The van der Waals surface area contributed by atoms with Crippen molar-refractivity contribution in [1.29, 1.82) is 0 Å². The number of aromatic nitrogens is 2. The Morgan fingerprint density at radius 1 is 1.10 bits per heavy atom. The molecule has 6 nitrogen and oxygen atoms in total. The van der Waals surface area contributed by atoms with Gasteiger partial charge in [0, 0.05) is 49.9 Å². The Morgan fingerprint density at radius 3 is 2.65 bits per heavy atom. The molecule has 0 saturated carbocycles. The second-order valence-electron chi connectivity index (χ2n) is 8.39. The zero-order valence-electron chi connectivity index (χ0n) is 17.8. The molecule has 0 unspecified atom stereocenters. The lowest BCUT2D eigenvalue weighted by Gasteiger charge is -2.36. The number of benzene rings is 1. The summed E-state index contributed by atoms with van der Waals surface area (Å²) in [5, 5.41) is 1.34. The van der Waals surface area contributed by atoms with Crippen molar-refractivity contribution >= 4 is 44.7 Å². The maximum atomic E-state index is 13.3. The lowest BCUT2D eigenvalue weighted by Crippen LogP contribution is -2.49. The monoisotopic (exact) mass is 456 g/mol. The number of halogens is 1. The average Bonchev–Trinajstić information content (AvgIpc) is 3.11. The van der Waals surface area contributed by atoms with E-state index in [4.69, 9.17) is 16.6 Å². The van der Waals surface area contributed by atoms with E-state index < -0.39 is 0 Å². The van der Waals surface area contributed by atoms with E-state index in [9.17, 15) is 9.59 Å². The van der Waals surface area contributed by atoms with E-state index in [-0.39, 0.29) is 11.5 Å². The molecule has 2 aliphatic heterocycles. The Bertz CT molecular complexity index is 1240. The molecule has 1 aromatic carbocycles. The van der Waals surface area contributed by atoms with Crippen molar-refractivity contribution < 1.29 is 4.79 Å². The zero-order chi connectivity index (χ0) is 21.7. The lowest BCUT2D eigenvalue weighted by atomic mass is 10.1. The Balaban J connectivity index is 1.40. The summed E-state index contributed by atoms with van der Waals surface area (Å²) in [4.78, 5) is 36.7. The van der Waals surface area contributed by atoms with Crippen molar-refractivity contribution in [3.05, 3.63) is 55.4 Å². The molecule has 162 valence electrons. The number of carbonyl (C=O) groups is 1. The van der Waals surface area contributed by atoms with Gasteiger partial charge in [-0.15, -0.1) is 11.3 Å². The second-order valence-corrected chi connectivity index (χ2v) is 9.82. The molecule has 3 aromatic rings. The normalized spacial score (nSPS) is 16.6. The van der Waals surface area contributed by atoms with Gasteiger partial charge < -0.3 is 9.80 Å². The first kappa shape index (κ1) is 20.5. The highest BCUT2D eigenvalue weighted by atomic mass is 35.5. The van der Waals surface area contributed by atoms with Gasteiger partial charge in [0.25, 0.3) is 11.5 Å². The number of hydrogen-bond donors (Lipinski definition) is 0. The summed E-state index contributed by atoms with van der Waals surface area (Å²) in [5.41, 5.74) is 3.09. The van der Waals surface area contributed by atoms with Crippen LogP contribution in [0.5, 0.6) is 0 Å². The van der Waals surface area contributed by atoms with E-state index >= 15 is 0 Å². The highest BCUT2D eigenvalue weighted by molar-refractivity contribution is 7.20. The predicted molar refractivity (Wildman–Crippen MR) is 126 cm³/mol. The minimum Gasteiger partial charge on any atom is -0.368 e. The van der Waals surface area contributed by atoms with Gasteiger partial charge in [0.15, 0.2) is 0 Å². The molecular formula is C23H25ClN4O2S. The van der Waals surface area contributed by atoms with Crippen LogP contribution in [0.2, 0.25) is 5.02 Å². The second kappa shape index (κ2) is 7.95. The summed E-state index contributed by atoms with van der Waals surface area (Å²) in [5.74, 6) is 0.861. The number of anilines is 1. The van der Waals surface area contributed by atoms with Gasteiger partial charge in [0.05, 0.1) is 10.3 Å². The van der Waals surface area contributed by atoms with Crippen LogP contribution >= 0.6 is 22.9 Å². The molecule has 0 atom stereocenters. The predicted octanol–water partition coefficient (Wildman–Crippen LogP) is 4.03. The smallest absolute Gasteiger partial charge is 0.264 e. The summed E-state index contributed by atoms with van der Waals surface area (Å²) in [6, 6.07) is 5.92. The molecule has 2 aliphatic rings. The number of aryl methyl sites for hydroxylation is 3. The van der Waals surface area contributed by atoms with Gasteiger partial charge in [-0.25, -0.2) is 4.98 Å². The highest BCUT2D eigenvalue weighted by Gasteiger charge is 2.28. The molecule has 0 spiro atoms. The highest BCUT2D eigenvalue weighted by Crippen LogP contribution is 2.31. The number of amides is 1. The van der Waals surface area contributed by atoms with Crippen LogP contribution < -0.4 is 10.5 Å². The van der Waals surface area contributed by atoms with Gasteiger partial charge >= 0.3 is 0 Å². The van der Waals surface area contributed by atoms with Gasteiger partial charge in [-0.2, -0.15) is 0 Å². The molecule has 0 radical (unpaired) electrons.